The van der Waals surface area contributed by atoms with E-state index in [9.17, 15) is 9.18 Å². The molecule has 0 bridgehead atoms. The van der Waals surface area contributed by atoms with E-state index < -0.39 is 11.7 Å². The van der Waals surface area contributed by atoms with Gasteiger partial charge in [0.1, 0.15) is 17.1 Å². The molecule has 0 unspecified atom stereocenters. The molecule has 1 heterocycles. The largest absolute Gasteiger partial charge is 0.496 e. The molecule has 4 nitrogen and oxygen atoms in total. The molecule has 0 aliphatic carbocycles. The van der Waals surface area contributed by atoms with Crippen molar-refractivity contribution in [3.8, 4) is 5.75 Å². The summed E-state index contributed by atoms with van der Waals surface area (Å²) in [6.45, 7) is 5.70. The van der Waals surface area contributed by atoms with Crippen molar-refractivity contribution in [2.45, 2.75) is 20.8 Å². The molecule has 1 aromatic heterocycles. The normalized spacial score (nSPS) is 11.7. The third kappa shape index (κ3) is 3.20. The van der Waals surface area contributed by atoms with Gasteiger partial charge in [0.25, 0.3) is 0 Å². The predicted molar refractivity (Wildman–Crippen MR) is 101 cm³/mol. The van der Waals surface area contributed by atoms with Crippen molar-refractivity contribution in [1.29, 1.82) is 0 Å². The van der Waals surface area contributed by atoms with Crippen LogP contribution in [0.1, 0.15) is 23.6 Å². The fourth-order valence-corrected chi connectivity index (χ4v) is 3.00. The molecule has 1 amide bonds. The van der Waals surface area contributed by atoms with Crippen LogP contribution in [0.15, 0.2) is 47.1 Å². The number of fused-ring (bicyclic) bond motifs is 1. The van der Waals surface area contributed by atoms with E-state index in [1.54, 1.807) is 25.5 Å². The summed E-state index contributed by atoms with van der Waals surface area (Å²) in [5.74, 6) is -0.230. The first-order valence-corrected chi connectivity index (χ1v) is 8.22. The van der Waals surface area contributed by atoms with Gasteiger partial charge in [0.15, 0.2) is 0 Å². The molecule has 0 spiro atoms. The summed E-state index contributed by atoms with van der Waals surface area (Å²) in [4.78, 5) is 12.3. The highest BCUT2D eigenvalue weighted by Gasteiger charge is 2.17. The number of ether oxygens (including phenoxy) is 1. The van der Waals surface area contributed by atoms with E-state index in [0.29, 0.717) is 11.3 Å². The van der Waals surface area contributed by atoms with Crippen LogP contribution in [0, 0.1) is 19.7 Å². The molecule has 0 aliphatic rings. The fourth-order valence-electron chi connectivity index (χ4n) is 3.00. The maximum atomic E-state index is 13.7. The summed E-state index contributed by atoms with van der Waals surface area (Å²) in [5.41, 5.74) is 4.30. The van der Waals surface area contributed by atoms with Crippen molar-refractivity contribution < 1.29 is 18.3 Å². The van der Waals surface area contributed by atoms with Crippen LogP contribution in [0.3, 0.4) is 0 Å². The van der Waals surface area contributed by atoms with Gasteiger partial charge in [-0.25, -0.2) is 4.39 Å². The Bertz CT molecular complexity index is 1020. The highest BCUT2D eigenvalue weighted by Crippen LogP contribution is 2.37. The van der Waals surface area contributed by atoms with Crippen LogP contribution in [0.25, 0.3) is 16.5 Å². The first-order chi connectivity index (χ1) is 12.4. The molecule has 0 fully saturated rings. The van der Waals surface area contributed by atoms with Gasteiger partial charge in [0.2, 0.25) is 5.91 Å². The SMILES string of the molecule is COc1c(/C(C)=C/C(=O)Nc2ccccc2F)cc2c(C)coc2c1C. The highest BCUT2D eigenvalue weighted by atomic mass is 19.1. The summed E-state index contributed by atoms with van der Waals surface area (Å²) in [5, 5.41) is 3.53. The number of halogens is 1. The number of hydrogen-bond donors (Lipinski definition) is 1. The summed E-state index contributed by atoms with van der Waals surface area (Å²) < 4.78 is 24.9. The van der Waals surface area contributed by atoms with E-state index in [0.717, 1.165) is 27.7 Å². The maximum Gasteiger partial charge on any atom is 0.248 e. The number of allylic oxidation sites excluding steroid dienone is 1. The second kappa shape index (κ2) is 7.04. The number of nitrogens with one attached hydrogen (secondary N) is 1. The number of methoxy groups -OCH3 is 1. The number of amides is 1. The third-order valence-corrected chi connectivity index (χ3v) is 4.35. The number of carbonyl (C=O) groups is 1. The summed E-state index contributed by atoms with van der Waals surface area (Å²) in [6.07, 6.45) is 3.13. The van der Waals surface area contributed by atoms with Crippen molar-refractivity contribution in [3.63, 3.8) is 0 Å². The van der Waals surface area contributed by atoms with E-state index in [1.165, 1.54) is 18.2 Å². The summed E-state index contributed by atoms with van der Waals surface area (Å²) in [7, 11) is 1.58. The van der Waals surface area contributed by atoms with Gasteiger partial charge in [-0.2, -0.15) is 0 Å². The molecule has 0 atom stereocenters. The molecule has 0 saturated heterocycles. The fraction of sp³-hybridized carbons (Fsp3) is 0.190. The van der Waals surface area contributed by atoms with Crippen LogP contribution in [0.2, 0.25) is 0 Å². The second-order valence-corrected chi connectivity index (χ2v) is 6.17. The number of para-hydroxylation sites is 1. The zero-order valence-corrected chi connectivity index (χ0v) is 15.1. The van der Waals surface area contributed by atoms with Crippen molar-refractivity contribution in [2.24, 2.45) is 0 Å². The number of furan rings is 1. The molecule has 3 rings (SSSR count). The molecule has 0 aliphatic heterocycles. The summed E-state index contributed by atoms with van der Waals surface area (Å²) >= 11 is 0. The number of benzene rings is 2. The lowest BCUT2D eigenvalue weighted by Gasteiger charge is -2.13. The van der Waals surface area contributed by atoms with Crippen LogP contribution in [0.4, 0.5) is 10.1 Å². The number of carbonyl (C=O) groups excluding carboxylic acids is 1. The monoisotopic (exact) mass is 353 g/mol. The van der Waals surface area contributed by atoms with Gasteiger partial charge in [-0.15, -0.1) is 0 Å². The van der Waals surface area contributed by atoms with E-state index in [2.05, 4.69) is 5.32 Å². The van der Waals surface area contributed by atoms with Gasteiger partial charge in [0.05, 0.1) is 19.1 Å². The molecule has 134 valence electrons. The van der Waals surface area contributed by atoms with Crippen molar-refractivity contribution in [2.75, 3.05) is 12.4 Å². The maximum absolute atomic E-state index is 13.7. The first kappa shape index (κ1) is 17.7. The molecule has 0 saturated carbocycles. The Morgan fingerprint density at radius 2 is 2.00 bits per heavy atom. The van der Waals surface area contributed by atoms with Gasteiger partial charge in [-0.05, 0) is 50.1 Å². The lowest BCUT2D eigenvalue weighted by atomic mass is 9.98. The zero-order valence-electron chi connectivity index (χ0n) is 15.1. The zero-order chi connectivity index (χ0) is 18.8. The number of aryl methyl sites for hydroxylation is 2. The minimum Gasteiger partial charge on any atom is -0.496 e. The first-order valence-electron chi connectivity index (χ1n) is 8.22. The van der Waals surface area contributed by atoms with Crippen LogP contribution in [0.5, 0.6) is 5.75 Å². The van der Waals surface area contributed by atoms with Crippen LogP contribution in [-0.2, 0) is 4.79 Å². The minimum absolute atomic E-state index is 0.144. The third-order valence-electron chi connectivity index (χ3n) is 4.35. The second-order valence-electron chi connectivity index (χ2n) is 6.17. The quantitative estimate of drug-likeness (QED) is 0.653. The Balaban J connectivity index is 1.99. The molecule has 5 heteroatoms. The van der Waals surface area contributed by atoms with E-state index in [-0.39, 0.29) is 5.69 Å². The van der Waals surface area contributed by atoms with Crippen LogP contribution < -0.4 is 10.1 Å². The number of hydrogen-bond acceptors (Lipinski definition) is 3. The van der Waals surface area contributed by atoms with Crippen molar-refractivity contribution >= 4 is 28.1 Å². The minimum atomic E-state index is -0.476. The highest BCUT2D eigenvalue weighted by molar-refractivity contribution is 6.05. The van der Waals surface area contributed by atoms with Gasteiger partial charge < -0.3 is 14.5 Å². The number of anilines is 1. The molecule has 26 heavy (non-hydrogen) atoms. The molecule has 0 radical (unpaired) electrons. The van der Waals surface area contributed by atoms with Crippen molar-refractivity contribution in [3.05, 3.63) is 65.2 Å². The Morgan fingerprint density at radius 1 is 1.27 bits per heavy atom. The topological polar surface area (TPSA) is 51.5 Å². The molecular formula is C21H20FNO3. The molecule has 1 N–H and O–H groups in total. The Labute approximate surface area is 151 Å². The smallest absolute Gasteiger partial charge is 0.248 e. The average molecular weight is 353 g/mol. The van der Waals surface area contributed by atoms with Crippen molar-refractivity contribution in [1.82, 2.24) is 0 Å². The van der Waals surface area contributed by atoms with Gasteiger partial charge in [-0.3, -0.25) is 4.79 Å². The predicted octanol–water partition coefficient (Wildman–Crippen LogP) is 5.24. The van der Waals surface area contributed by atoms with E-state index in [4.69, 9.17) is 9.15 Å². The average Bonchev–Trinajstić information content (AvgIpc) is 2.98. The van der Waals surface area contributed by atoms with Gasteiger partial charge >= 0.3 is 0 Å². The van der Waals surface area contributed by atoms with Crippen LogP contribution in [-0.4, -0.2) is 13.0 Å². The lowest BCUT2D eigenvalue weighted by molar-refractivity contribution is -0.111. The summed E-state index contributed by atoms with van der Waals surface area (Å²) in [6, 6.07) is 8.00. The number of rotatable bonds is 4. The Morgan fingerprint density at radius 3 is 2.69 bits per heavy atom. The van der Waals surface area contributed by atoms with Gasteiger partial charge in [0, 0.05) is 22.6 Å². The lowest BCUT2D eigenvalue weighted by Crippen LogP contribution is -2.10. The van der Waals surface area contributed by atoms with Crippen LogP contribution >= 0.6 is 0 Å². The Hall–Kier alpha value is -3.08. The molecule has 3 aromatic rings. The van der Waals surface area contributed by atoms with E-state index in [1.807, 2.05) is 26.8 Å². The Kier molecular flexibility index (Phi) is 4.80. The molecule has 2 aromatic carbocycles. The van der Waals surface area contributed by atoms with E-state index >= 15 is 0 Å². The van der Waals surface area contributed by atoms with Gasteiger partial charge in [-0.1, -0.05) is 12.1 Å². The molecular weight excluding hydrogens is 333 g/mol. The standard InChI is InChI=1S/C21H20FNO3/c1-12(9-19(24)23-18-8-6-5-7-17(18)22)15-10-16-13(2)11-26-21(16)14(3)20(15)25-4/h5-11H,1-4H3,(H,23,24)/b12-9+.